The average molecular weight is 256 g/mol. The van der Waals surface area contributed by atoms with Crippen molar-refractivity contribution in [1.29, 1.82) is 0 Å². The van der Waals surface area contributed by atoms with Crippen molar-refractivity contribution in [3.63, 3.8) is 0 Å². The van der Waals surface area contributed by atoms with Crippen LogP contribution >= 0.6 is 0 Å². The fourth-order valence-corrected chi connectivity index (χ4v) is 3.02. The minimum atomic E-state index is 0.436. The molecule has 0 nitrogen and oxygen atoms in total. The van der Waals surface area contributed by atoms with E-state index in [1.54, 1.807) is 0 Å². The third-order valence-electron chi connectivity index (χ3n) is 4.12. The molecule has 0 spiro atoms. The van der Waals surface area contributed by atoms with Gasteiger partial charge in [0.15, 0.2) is 0 Å². The maximum atomic E-state index is 2.33. The van der Waals surface area contributed by atoms with E-state index in [-0.39, 0.29) is 0 Å². The molecule has 4 rings (SSSR count). The molecule has 0 saturated heterocycles. The van der Waals surface area contributed by atoms with E-state index in [0.717, 1.165) is 0 Å². The fourth-order valence-electron chi connectivity index (χ4n) is 3.02. The Morgan fingerprint density at radius 3 is 2.15 bits per heavy atom. The van der Waals surface area contributed by atoms with Crippen LogP contribution in [0.15, 0.2) is 78.4 Å². The van der Waals surface area contributed by atoms with Crippen LogP contribution in [0.5, 0.6) is 0 Å². The second-order valence-corrected chi connectivity index (χ2v) is 5.60. The molecule has 0 amide bonds. The predicted molar refractivity (Wildman–Crippen MR) is 87.1 cm³/mol. The van der Waals surface area contributed by atoms with Crippen LogP contribution in [0.4, 0.5) is 0 Å². The van der Waals surface area contributed by atoms with Crippen molar-refractivity contribution >= 4 is 21.5 Å². The molecular weight excluding hydrogens is 240 g/mol. The Morgan fingerprint density at radius 1 is 0.750 bits per heavy atom. The van der Waals surface area contributed by atoms with Crippen molar-refractivity contribution in [1.82, 2.24) is 0 Å². The molecule has 0 radical (unpaired) electrons. The summed E-state index contributed by atoms with van der Waals surface area (Å²) in [6.07, 6.45) is 6.80. The Morgan fingerprint density at radius 2 is 1.45 bits per heavy atom. The molecule has 1 aliphatic rings. The Bertz CT molecular complexity index is 865. The standard InChI is InChI=1S/C20H16/c1-14-6-7-17(10-14)18-8-9-19-11-15-4-2-3-5-16(15)12-20(19)13-18/h2-13,17H,1H3. The molecule has 96 valence electrons. The third kappa shape index (κ3) is 1.85. The van der Waals surface area contributed by atoms with E-state index < -0.39 is 0 Å². The summed E-state index contributed by atoms with van der Waals surface area (Å²) in [5.74, 6) is 0.436. The van der Waals surface area contributed by atoms with Crippen molar-refractivity contribution in [2.45, 2.75) is 12.8 Å². The van der Waals surface area contributed by atoms with Crippen molar-refractivity contribution in [2.75, 3.05) is 0 Å². The largest absolute Gasteiger partial charge is 0.0730 e. The lowest BCUT2D eigenvalue weighted by Gasteiger charge is -2.09. The summed E-state index contributed by atoms with van der Waals surface area (Å²) in [4.78, 5) is 0. The van der Waals surface area contributed by atoms with Crippen LogP contribution in [-0.2, 0) is 0 Å². The molecule has 1 unspecified atom stereocenters. The van der Waals surface area contributed by atoms with Crippen LogP contribution in [0.25, 0.3) is 21.5 Å². The molecule has 0 aliphatic heterocycles. The van der Waals surface area contributed by atoms with Gasteiger partial charge in [-0.15, -0.1) is 0 Å². The van der Waals surface area contributed by atoms with Crippen molar-refractivity contribution in [3.05, 3.63) is 84.0 Å². The zero-order valence-corrected chi connectivity index (χ0v) is 11.5. The average Bonchev–Trinajstić information content (AvgIpc) is 2.91. The van der Waals surface area contributed by atoms with E-state index in [1.165, 1.54) is 32.7 Å². The van der Waals surface area contributed by atoms with Crippen molar-refractivity contribution < 1.29 is 0 Å². The Kier molecular flexibility index (Phi) is 2.50. The van der Waals surface area contributed by atoms with Gasteiger partial charge in [-0.2, -0.15) is 0 Å². The van der Waals surface area contributed by atoms with Gasteiger partial charge in [0.05, 0.1) is 0 Å². The summed E-state index contributed by atoms with van der Waals surface area (Å²) >= 11 is 0. The molecule has 0 heterocycles. The first-order valence-corrected chi connectivity index (χ1v) is 7.09. The molecule has 20 heavy (non-hydrogen) atoms. The van der Waals surface area contributed by atoms with Gasteiger partial charge in [-0.25, -0.2) is 0 Å². The zero-order valence-electron chi connectivity index (χ0n) is 11.5. The monoisotopic (exact) mass is 256 g/mol. The van der Waals surface area contributed by atoms with Gasteiger partial charge in [-0.3, -0.25) is 0 Å². The number of hydrogen-bond donors (Lipinski definition) is 0. The highest BCUT2D eigenvalue weighted by molar-refractivity contribution is 5.98. The minimum absolute atomic E-state index is 0.436. The van der Waals surface area contributed by atoms with Crippen LogP contribution in [0, 0.1) is 0 Å². The summed E-state index contributed by atoms with van der Waals surface area (Å²) in [6, 6.07) is 19.9. The van der Waals surface area contributed by atoms with E-state index in [9.17, 15) is 0 Å². The lowest BCUT2D eigenvalue weighted by atomic mass is 9.96. The van der Waals surface area contributed by atoms with Crippen molar-refractivity contribution in [2.24, 2.45) is 0 Å². The maximum absolute atomic E-state index is 2.33. The minimum Gasteiger partial charge on any atom is -0.0730 e. The highest BCUT2D eigenvalue weighted by atomic mass is 14.1. The Balaban J connectivity index is 1.90. The molecule has 0 bridgehead atoms. The summed E-state index contributed by atoms with van der Waals surface area (Å²) < 4.78 is 0. The maximum Gasteiger partial charge on any atom is 0.0207 e. The van der Waals surface area contributed by atoms with Crippen LogP contribution in [0.2, 0.25) is 0 Å². The Labute approximate surface area is 119 Å². The van der Waals surface area contributed by atoms with E-state index in [0.29, 0.717) is 5.92 Å². The van der Waals surface area contributed by atoms with E-state index in [4.69, 9.17) is 0 Å². The van der Waals surface area contributed by atoms with Gasteiger partial charge in [0.2, 0.25) is 0 Å². The highest BCUT2D eigenvalue weighted by Gasteiger charge is 2.10. The summed E-state index contributed by atoms with van der Waals surface area (Å²) in [5, 5.41) is 5.26. The van der Waals surface area contributed by atoms with Gasteiger partial charge in [-0.05, 0) is 46.2 Å². The first-order valence-electron chi connectivity index (χ1n) is 7.09. The predicted octanol–water partition coefficient (Wildman–Crippen LogP) is 5.59. The first kappa shape index (κ1) is 11.5. The van der Waals surface area contributed by atoms with Crippen LogP contribution < -0.4 is 0 Å². The van der Waals surface area contributed by atoms with Crippen LogP contribution in [0.1, 0.15) is 18.4 Å². The van der Waals surface area contributed by atoms with E-state index >= 15 is 0 Å². The SMILES string of the molecule is CC1=CC(c2ccc3cc4ccccc4cc3c2)C=C1. The van der Waals surface area contributed by atoms with Gasteiger partial charge in [0, 0.05) is 5.92 Å². The molecular formula is C20H16. The quantitative estimate of drug-likeness (QED) is 0.498. The fraction of sp³-hybridized carbons (Fsp3) is 0.100. The normalized spacial score (nSPS) is 17.9. The van der Waals surface area contributed by atoms with Crippen molar-refractivity contribution in [3.8, 4) is 0 Å². The van der Waals surface area contributed by atoms with Gasteiger partial charge >= 0.3 is 0 Å². The summed E-state index contributed by atoms with van der Waals surface area (Å²) in [6.45, 7) is 2.16. The molecule has 3 aromatic carbocycles. The van der Waals surface area contributed by atoms with Gasteiger partial charge in [-0.1, -0.05) is 66.3 Å². The van der Waals surface area contributed by atoms with Gasteiger partial charge in [0.25, 0.3) is 0 Å². The van der Waals surface area contributed by atoms with E-state index in [1.807, 2.05) is 0 Å². The third-order valence-corrected chi connectivity index (χ3v) is 4.12. The second kappa shape index (κ2) is 4.35. The van der Waals surface area contributed by atoms with Crippen LogP contribution in [-0.4, -0.2) is 0 Å². The van der Waals surface area contributed by atoms with Gasteiger partial charge in [0.1, 0.15) is 0 Å². The van der Waals surface area contributed by atoms with Gasteiger partial charge < -0.3 is 0 Å². The zero-order chi connectivity index (χ0) is 13.5. The molecule has 0 fully saturated rings. The summed E-state index contributed by atoms with van der Waals surface area (Å²) in [5.41, 5.74) is 2.73. The number of rotatable bonds is 1. The number of benzene rings is 3. The molecule has 0 saturated carbocycles. The molecule has 0 N–H and O–H groups in total. The lowest BCUT2D eigenvalue weighted by molar-refractivity contribution is 1.10. The molecule has 0 heteroatoms. The first-order chi connectivity index (χ1) is 9.79. The summed E-state index contributed by atoms with van der Waals surface area (Å²) in [7, 11) is 0. The molecule has 1 aliphatic carbocycles. The molecule has 0 aromatic heterocycles. The second-order valence-electron chi connectivity index (χ2n) is 5.60. The van der Waals surface area contributed by atoms with Crippen LogP contribution in [0.3, 0.4) is 0 Å². The Hall–Kier alpha value is -2.34. The number of fused-ring (bicyclic) bond motifs is 2. The molecule has 3 aromatic rings. The number of hydrogen-bond acceptors (Lipinski definition) is 0. The highest BCUT2D eigenvalue weighted by Crippen LogP contribution is 2.30. The van der Waals surface area contributed by atoms with E-state index in [2.05, 4.69) is 79.7 Å². The number of allylic oxidation sites excluding steroid dienone is 4. The topological polar surface area (TPSA) is 0 Å². The lowest BCUT2D eigenvalue weighted by Crippen LogP contribution is -1.89. The molecule has 1 atom stereocenters. The smallest absolute Gasteiger partial charge is 0.0207 e.